The first kappa shape index (κ1) is 12.8. The molecule has 0 spiro atoms. The molecule has 0 unspecified atom stereocenters. The van der Waals surface area contributed by atoms with Gasteiger partial charge >= 0.3 is 0 Å². The highest BCUT2D eigenvalue weighted by molar-refractivity contribution is 5.78. The molecule has 0 bridgehead atoms. The molecule has 1 N–H and O–H groups in total. The van der Waals surface area contributed by atoms with Crippen LogP contribution in [-0.2, 0) is 4.79 Å². The third-order valence-electron chi connectivity index (χ3n) is 3.47. The number of piperazine rings is 1. The van der Waals surface area contributed by atoms with Crippen molar-refractivity contribution in [2.24, 2.45) is 0 Å². The van der Waals surface area contributed by atoms with Gasteiger partial charge in [-0.15, -0.1) is 0 Å². The van der Waals surface area contributed by atoms with Crippen molar-refractivity contribution in [3.8, 4) is 0 Å². The number of alkyl halides is 1. The number of hydrogen-bond donors (Lipinski definition) is 1. The Morgan fingerprint density at radius 2 is 2.18 bits per heavy atom. The van der Waals surface area contributed by atoms with Crippen molar-refractivity contribution in [2.45, 2.75) is 38.5 Å². The summed E-state index contributed by atoms with van der Waals surface area (Å²) in [5, 5.41) is 2.89. The number of carbonyl (C=O) groups is 1. The molecular weight excluding hydrogens is 221 g/mol. The lowest BCUT2D eigenvalue weighted by molar-refractivity contribution is -0.123. The highest BCUT2D eigenvalue weighted by atomic mass is 19.1. The summed E-state index contributed by atoms with van der Waals surface area (Å²) in [7, 11) is 0. The summed E-state index contributed by atoms with van der Waals surface area (Å²) in [6.07, 6.45) is -0.0492. The van der Waals surface area contributed by atoms with Crippen LogP contribution in [0.25, 0.3) is 0 Å². The zero-order valence-electron chi connectivity index (χ0n) is 10.7. The molecule has 2 saturated heterocycles. The second-order valence-corrected chi connectivity index (χ2v) is 5.44. The molecule has 0 aromatic heterocycles. The van der Waals surface area contributed by atoms with Crippen LogP contribution < -0.4 is 5.32 Å². The minimum absolute atomic E-state index is 0.0724. The molecule has 0 aliphatic carbocycles. The molecular formula is C12H22FN3O. The van der Waals surface area contributed by atoms with Crippen LogP contribution >= 0.6 is 0 Å². The first-order valence-electron chi connectivity index (χ1n) is 6.44. The number of hydrogen-bond acceptors (Lipinski definition) is 3. The lowest BCUT2D eigenvalue weighted by Gasteiger charge is -2.36. The molecule has 0 aromatic carbocycles. The molecule has 0 radical (unpaired) electrons. The second-order valence-electron chi connectivity index (χ2n) is 5.44. The molecule has 0 saturated carbocycles. The minimum Gasteiger partial charge on any atom is -0.353 e. The Labute approximate surface area is 102 Å². The zero-order valence-corrected chi connectivity index (χ0v) is 10.7. The minimum atomic E-state index is -0.676. The molecule has 2 fully saturated rings. The molecule has 2 heterocycles. The molecule has 2 aliphatic rings. The summed E-state index contributed by atoms with van der Waals surface area (Å²) in [4.78, 5) is 16.0. The average Bonchev–Trinajstić information content (AvgIpc) is 2.55. The summed E-state index contributed by atoms with van der Waals surface area (Å²) in [5.74, 6) is 0.0724. The van der Waals surface area contributed by atoms with Crippen molar-refractivity contribution < 1.29 is 9.18 Å². The number of halogens is 1. The number of amides is 1. The van der Waals surface area contributed by atoms with Crippen LogP contribution in [0.5, 0.6) is 0 Å². The number of rotatable bonds is 3. The van der Waals surface area contributed by atoms with Crippen molar-refractivity contribution in [2.75, 3.05) is 32.7 Å². The second kappa shape index (κ2) is 5.31. The summed E-state index contributed by atoms with van der Waals surface area (Å²) in [6, 6.07) is 0.496. The fourth-order valence-electron chi connectivity index (χ4n) is 2.76. The van der Waals surface area contributed by atoms with E-state index in [0.717, 1.165) is 19.6 Å². The van der Waals surface area contributed by atoms with Crippen LogP contribution in [0.3, 0.4) is 0 Å². The van der Waals surface area contributed by atoms with Gasteiger partial charge in [-0.2, -0.15) is 0 Å². The van der Waals surface area contributed by atoms with Crippen molar-refractivity contribution in [3.63, 3.8) is 0 Å². The molecule has 1 amide bonds. The Bertz CT molecular complexity index is 285. The van der Waals surface area contributed by atoms with Crippen LogP contribution in [0.1, 0.15) is 20.3 Å². The van der Waals surface area contributed by atoms with Gasteiger partial charge < -0.3 is 5.32 Å². The van der Waals surface area contributed by atoms with Gasteiger partial charge in [0.05, 0.1) is 6.54 Å². The van der Waals surface area contributed by atoms with Crippen molar-refractivity contribution in [1.29, 1.82) is 0 Å². The van der Waals surface area contributed by atoms with Gasteiger partial charge in [-0.1, -0.05) is 0 Å². The Kier molecular flexibility index (Phi) is 3.99. The van der Waals surface area contributed by atoms with Gasteiger partial charge in [0.25, 0.3) is 0 Å². The predicted molar refractivity (Wildman–Crippen MR) is 64.6 cm³/mol. The van der Waals surface area contributed by atoms with Gasteiger partial charge in [-0.3, -0.25) is 14.6 Å². The molecule has 2 atom stereocenters. The smallest absolute Gasteiger partial charge is 0.234 e. The van der Waals surface area contributed by atoms with E-state index in [1.165, 1.54) is 0 Å². The summed E-state index contributed by atoms with van der Waals surface area (Å²) in [6.45, 7) is 7.53. The van der Waals surface area contributed by atoms with E-state index in [1.807, 2.05) is 13.8 Å². The van der Waals surface area contributed by atoms with Crippen LogP contribution in [-0.4, -0.2) is 66.7 Å². The Morgan fingerprint density at radius 3 is 2.88 bits per heavy atom. The van der Waals surface area contributed by atoms with Gasteiger partial charge in [-0.25, -0.2) is 4.39 Å². The third-order valence-corrected chi connectivity index (χ3v) is 3.47. The van der Waals surface area contributed by atoms with E-state index >= 15 is 0 Å². The maximum absolute atomic E-state index is 13.2. The fourth-order valence-corrected chi connectivity index (χ4v) is 2.76. The third kappa shape index (κ3) is 3.39. The van der Waals surface area contributed by atoms with Gasteiger partial charge in [0.1, 0.15) is 6.17 Å². The highest BCUT2D eigenvalue weighted by Gasteiger charge is 2.36. The molecule has 0 aromatic rings. The van der Waals surface area contributed by atoms with Gasteiger partial charge in [-0.05, 0) is 20.3 Å². The Hall–Kier alpha value is -0.680. The zero-order chi connectivity index (χ0) is 12.4. The molecule has 2 rings (SSSR count). The van der Waals surface area contributed by atoms with Crippen molar-refractivity contribution >= 4 is 5.91 Å². The monoisotopic (exact) mass is 243 g/mol. The molecule has 4 nitrogen and oxygen atoms in total. The van der Waals surface area contributed by atoms with E-state index in [0.29, 0.717) is 25.6 Å². The van der Waals surface area contributed by atoms with E-state index in [2.05, 4.69) is 15.1 Å². The fraction of sp³-hybridized carbons (Fsp3) is 0.917. The van der Waals surface area contributed by atoms with Crippen LogP contribution in [0.4, 0.5) is 4.39 Å². The molecule has 17 heavy (non-hydrogen) atoms. The summed E-state index contributed by atoms with van der Waals surface area (Å²) < 4.78 is 13.2. The maximum atomic E-state index is 13.2. The normalized spacial score (nSPS) is 30.6. The van der Waals surface area contributed by atoms with Gasteiger partial charge in [0.2, 0.25) is 5.91 Å². The number of fused-ring (bicyclic) bond motifs is 1. The SMILES string of the molecule is CC(C)NC(=O)CN1CCN2C[C@@H](F)C[C@H]2C1. The topological polar surface area (TPSA) is 35.6 Å². The van der Waals surface area contributed by atoms with E-state index < -0.39 is 6.17 Å². The Morgan fingerprint density at radius 1 is 1.41 bits per heavy atom. The molecule has 5 heteroatoms. The number of nitrogens with zero attached hydrogens (tertiary/aromatic N) is 2. The van der Waals surface area contributed by atoms with E-state index in [-0.39, 0.29) is 11.9 Å². The summed E-state index contributed by atoms with van der Waals surface area (Å²) >= 11 is 0. The van der Waals surface area contributed by atoms with Crippen LogP contribution in [0.15, 0.2) is 0 Å². The van der Waals surface area contributed by atoms with E-state index in [1.54, 1.807) is 0 Å². The van der Waals surface area contributed by atoms with Gasteiger partial charge in [0, 0.05) is 38.3 Å². The highest BCUT2D eigenvalue weighted by Crippen LogP contribution is 2.23. The van der Waals surface area contributed by atoms with E-state index in [4.69, 9.17) is 0 Å². The van der Waals surface area contributed by atoms with Crippen LogP contribution in [0.2, 0.25) is 0 Å². The first-order chi connectivity index (χ1) is 8.04. The quantitative estimate of drug-likeness (QED) is 0.771. The number of carbonyl (C=O) groups excluding carboxylic acids is 1. The average molecular weight is 243 g/mol. The molecule has 98 valence electrons. The van der Waals surface area contributed by atoms with Crippen LogP contribution in [0, 0.1) is 0 Å². The van der Waals surface area contributed by atoms with Crippen molar-refractivity contribution in [3.05, 3.63) is 0 Å². The largest absolute Gasteiger partial charge is 0.353 e. The Balaban J connectivity index is 1.78. The van der Waals surface area contributed by atoms with Crippen molar-refractivity contribution in [1.82, 2.24) is 15.1 Å². The maximum Gasteiger partial charge on any atom is 0.234 e. The lowest BCUT2D eigenvalue weighted by atomic mass is 10.1. The van der Waals surface area contributed by atoms with Gasteiger partial charge in [0.15, 0.2) is 0 Å². The number of nitrogens with one attached hydrogen (secondary N) is 1. The molecule has 2 aliphatic heterocycles. The lowest BCUT2D eigenvalue weighted by Crippen LogP contribution is -2.52. The van der Waals surface area contributed by atoms with E-state index in [9.17, 15) is 9.18 Å². The predicted octanol–water partition coefficient (Wildman–Crippen LogP) is 0.239. The summed E-state index contributed by atoms with van der Waals surface area (Å²) in [5.41, 5.74) is 0. The first-order valence-corrected chi connectivity index (χ1v) is 6.44. The standard InChI is InChI=1S/C12H22FN3O/c1-9(2)14-12(17)8-15-3-4-16-6-10(13)5-11(16)7-15/h9-11H,3-8H2,1-2H3,(H,14,17)/t10-,11-/m0/s1.